The van der Waals surface area contributed by atoms with E-state index in [-0.39, 0.29) is 18.3 Å². The average Bonchev–Trinajstić information content (AvgIpc) is 2.49. The molecule has 0 radical (unpaired) electrons. The van der Waals surface area contributed by atoms with E-state index in [1.54, 1.807) is 0 Å². The third kappa shape index (κ3) is 2.25. The quantitative estimate of drug-likeness (QED) is 0.601. The highest BCUT2D eigenvalue weighted by Crippen LogP contribution is 2.36. The second-order valence-electron chi connectivity index (χ2n) is 5.78. The summed E-state index contributed by atoms with van der Waals surface area (Å²) in [5.74, 6) is 0. The van der Waals surface area contributed by atoms with Crippen molar-refractivity contribution in [2.45, 2.75) is 45.3 Å². The Morgan fingerprint density at radius 1 is 1.11 bits per heavy atom. The zero-order valence-electron chi connectivity index (χ0n) is 11.7. The number of allylic oxidation sites excluding steroid dienone is 1. The average molecular weight is 244 g/mol. The molecule has 1 aromatic carbocycles. The van der Waals surface area contributed by atoms with Gasteiger partial charge in [-0.1, -0.05) is 30.3 Å². The van der Waals surface area contributed by atoms with Gasteiger partial charge in [-0.05, 0) is 45.1 Å². The summed E-state index contributed by atoms with van der Waals surface area (Å²) in [6.45, 7) is 12.1. The van der Waals surface area contributed by atoms with Crippen molar-refractivity contribution in [2.75, 3.05) is 0 Å². The fourth-order valence-electron chi connectivity index (χ4n) is 2.08. The molecule has 96 valence electrons. The largest absolute Gasteiger partial charge is 0.495 e. The van der Waals surface area contributed by atoms with Crippen LogP contribution in [0.25, 0.3) is 0 Å². The lowest BCUT2D eigenvalue weighted by Crippen LogP contribution is -2.41. The Hall–Kier alpha value is -1.06. The van der Waals surface area contributed by atoms with Gasteiger partial charge < -0.3 is 9.31 Å². The van der Waals surface area contributed by atoms with Crippen molar-refractivity contribution in [1.29, 1.82) is 0 Å². The molecule has 18 heavy (non-hydrogen) atoms. The molecule has 3 heteroatoms. The van der Waals surface area contributed by atoms with Gasteiger partial charge in [0.25, 0.3) is 0 Å². The minimum atomic E-state index is -0.293. The van der Waals surface area contributed by atoms with Gasteiger partial charge in [0.15, 0.2) is 0 Å². The van der Waals surface area contributed by atoms with E-state index in [1.165, 1.54) is 5.56 Å². The van der Waals surface area contributed by atoms with Gasteiger partial charge in [-0.15, -0.1) is 6.58 Å². The third-order valence-corrected chi connectivity index (χ3v) is 3.93. The van der Waals surface area contributed by atoms with Crippen LogP contribution in [0.1, 0.15) is 33.3 Å². The molecule has 0 spiro atoms. The lowest BCUT2D eigenvalue weighted by atomic mass is 9.75. The molecule has 0 saturated carbocycles. The molecule has 0 aliphatic carbocycles. The SMILES string of the molecule is C=CCc1ccccc1B1OC(C)(C)C(C)(C)O1. The highest BCUT2D eigenvalue weighted by atomic mass is 16.7. The molecule has 2 nitrogen and oxygen atoms in total. The number of hydrogen-bond donors (Lipinski definition) is 0. The summed E-state index contributed by atoms with van der Waals surface area (Å²) in [6, 6.07) is 8.23. The molecule has 1 aliphatic rings. The molecule has 1 aliphatic heterocycles. The first-order chi connectivity index (χ1) is 8.37. The molecule has 1 saturated heterocycles. The van der Waals surface area contributed by atoms with Gasteiger partial charge in [0.05, 0.1) is 11.2 Å². The van der Waals surface area contributed by atoms with Gasteiger partial charge in [-0.3, -0.25) is 0 Å². The van der Waals surface area contributed by atoms with E-state index in [0.29, 0.717) is 0 Å². The maximum absolute atomic E-state index is 6.08. The molecule has 1 heterocycles. The van der Waals surface area contributed by atoms with E-state index in [2.05, 4.69) is 46.4 Å². The Balaban J connectivity index is 2.32. The van der Waals surface area contributed by atoms with E-state index in [1.807, 2.05) is 18.2 Å². The van der Waals surface area contributed by atoms with Crippen LogP contribution in [-0.2, 0) is 15.7 Å². The van der Waals surface area contributed by atoms with Crippen molar-refractivity contribution in [1.82, 2.24) is 0 Å². The number of benzene rings is 1. The molecule has 0 N–H and O–H groups in total. The summed E-state index contributed by atoms with van der Waals surface area (Å²) >= 11 is 0. The first kappa shape index (κ1) is 13.4. The zero-order valence-corrected chi connectivity index (χ0v) is 11.7. The minimum Gasteiger partial charge on any atom is -0.399 e. The highest BCUT2D eigenvalue weighted by Gasteiger charge is 2.52. The van der Waals surface area contributed by atoms with Crippen LogP contribution in [0.4, 0.5) is 0 Å². The fourth-order valence-corrected chi connectivity index (χ4v) is 2.08. The summed E-state index contributed by atoms with van der Waals surface area (Å²) in [5.41, 5.74) is 1.74. The Bertz CT molecular complexity index is 436. The van der Waals surface area contributed by atoms with Crippen LogP contribution in [0.2, 0.25) is 0 Å². The third-order valence-electron chi connectivity index (χ3n) is 3.93. The lowest BCUT2D eigenvalue weighted by Gasteiger charge is -2.32. The second-order valence-corrected chi connectivity index (χ2v) is 5.78. The first-order valence-electron chi connectivity index (χ1n) is 6.42. The molecule has 0 unspecified atom stereocenters. The normalized spacial score (nSPS) is 21.0. The Kier molecular flexibility index (Phi) is 3.39. The smallest absolute Gasteiger partial charge is 0.399 e. The number of hydrogen-bond acceptors (Lipinski definition) is 2. The summed E-state index contributed by atoms with van der Waals surface area (Å²) < 4.78 is 12.2. The maximum Gasteiger partial charge on any atom is 0.495 e. The highest BCUT2D eigenvalue weighted by molar-refractivity contribution is 6.62. The lowest BCUT2D eigenvalue weighted by molar-refractivity contribution is 0.00578. The molecule has 0 atom stereocenters. The monoisotopic (exact) mass is 244 g/mol. The maximum atomic E-state index is 6.08. The van der Waals surface area contributed by atoms with E-state index in [0.717, 1.165) is 11.9 Å². The van der Waals surface area contributed by atoms with Gasteiger partial charge in [-0.25, -0.2) is 0 Å². The van der Waals surface area contributed by atoms with Crippen molar-refractivity contribution >= 4 is 12.6 Å². The van der Waals surface area contributed by atoms with E-state index < -0.39 is 0 Å². The van der Waals surface area contributed by atoms with Crippen molar-refractivity contribution < 1.29 is 9.31 Å². The Labute approximate surface area is 110 Å². The Morgan fingerprint density at radius 2 is 1.67 bits per heavy atom. The molecular formula is C15H21BO2. The van der Waals surface area contributed by atoms with Gasteiger partial charge >= 0.3 is 7.12 Å². The topological polar surface area (TPSA) is 18.5 Å². The van der Waals surface area contributed by atoms with Crippen LogP contribution < -0.4 is 5.46 Å². The van der Waals surface area contributed by atoms with Crippen LogP contribution >= 0.6 is 0 Å². The Morgan fingerprint density at radius 3 is 2.22 bits per heavy atom. The van der Waals surface area contributed by atoms with E-state index in [9.17, 15) is 0 Å². The molecule has 1 fully saturated rings. The fraction of sp³-hybridized carbons (Fsp3) is 0.467. The van der Waals surface area contributed by atoms with Crippen molar-refractivity contribution in [2.24, 2.45) is 0 Å². The van der Waals surface area contributed by atoms with Gasteiger partial charge in [0, 0.05) is 0 Å². The van der Waals surface area contributed by atoms with E-state index in [4.69, 9.17) is 9.31 Å². The van der Waals surface area contributed by atoms with Crippen LogP contribution in [0.15, 0.2) is 36.9 Å². The van der Waals surface area contributed by atoms with Crippen LogP contribution in [-0.4, -0.2) is 18.3 Å². The molecule has 0 amide bonds. The van der Waals surface area contributed by atoms with Crippen LogP contribution in [0, 0.1) is 0 Å². The summed E-state index contributed by atoms with van der Waals surface area (Å²) in [5, 5.41) is 0. The predicted molar refractivity (Wildman–Crippen MR) is 76.1 cm³/mol. The van der Waals surface area contributed by atoms with Gasteiger partial charge in [-0.2, -0.15) is 0 Å². The summed E-state index contributed by atoms with van der Waals surface area (Å²) in [4.78, 5) is 0. The van der Waals surface area contributed by atoms with Crippen LogP contribution in [0.3, 0.4) is 0 Å². The number of rotatable bonds is 3. The summed E-state index contributed by atoms with van der Waals surface area (Å²) in [6.07, 6.45) is 2.74. The summed E-state index contributed by atoms with van der Waals surface area (Å²) in [7, 11) is -0.286. The van der Waals surface area contributed by atoms with Crippen molar-refractivity contribution in [3.05, 3.63) is 42.5 Å². The van der Waals surface area contributed by atoms with Gasteiger partial charge in [0.1, 0.15) is 0 Å². The van der Waals surface area contributed by atoms with E-state index >= 15 is 0 Å². The first-order valence-corrected chi connectivity index (χ1v) is 6.42. The van der Waals surface area contributed by atoms with Crippen molar-refractivity contribution in [3.8, 4) is 0 Å². The van der Waals surface area contributed by atoms with Gasteiger partial charge in [0.2, 0.25) is 0 Å². The molecule has 0 aromatic heterocycles. The molecular weight excluding hydrogens is 223 g/mol. The standard InChI is InChI=1S/C15H21BO2/c1-6-9-12-10-7-8-11-13(12)16-17-14(2,3)15(4,5)18-16/h6-8,10-11H,1,9H2,2-5H3. The molecule has 1 aromatic rings. The van der Waals surface area contributed by atoms with Crippen LogP contribution in [0.5, 0.6) is 0 Å². The zero-order chi connectivity index (χ0) is 13.4. The molecule has 0 bridgehead atoms. The minimum absolute atomic E-state index is 0.286. The van der Waals surface area contributed by atoms with Crippen molar-refractivity contribution in [3.63, 3.8) is 0 Å². The second kappa shape index (κ2) is 4.56. The molecule has 2 rings (SSSR count). The predicted octanol–water partition coefficient (Wildman–Crippen LogP) is 2.71.